The van der Waals surface area contributed by atoms with Crippen LogP contribution in [-0.2, 0) is 11.2 Å². The van der Waals surface area contributed by atoms with Crippen molar-refractivity contribution >= 4 is 23.3 Å². The van der Waals surface area contributed by atoms with Crippen LogP contribution in [0.15, 0.2) is 34.7 Å². The zero-order valence-electron chi connectivity index (χ0n) is 12.2. The average molecular weight is 314 g/mol. The van der Waals surface area contributed by atoms with E-state index in [1.54, 1.807) is 0 Å². The van der Waals surface area contributed by atoms with Gasteiger partial charge in [-0.05, 0) is 19.4 Å². The van der Waals surface area contributed by atoms with Gasteiger partial charge >= 0.3 is 6.01 Å². The Morgan fingerprint density at radius 1 is 1.23 bits per heavy atom. The summed E-state index contributed by atoms with van der Waals surface area (Å²) in [5.41, 5.74) is 1.77. The molecule has 1 aromatic carbocycles. The smallest absolute Gasteiger partial charge is 0.322 e. The second-order valence-corrected chi connectivity index (χ2v) is 5.97. The lowest BCUT2D eigenvalue weighted by Gasteiger charge is -2.00. The van der Waals surface area contributed by atoms with E-state index in [1.807, 2.05) is 44.2 Å². The first kappa shape index (κ1) is 14.4. The standard InChI is InChI=1S/C15H14N4O2S/c1-9-13(22-10(2)16-9)14-18-19-15(21-14)17-12(20)8-11-6-4-3-5-7-11/h3-7H,8H2,1-2H3,(H,17,19,20). The van der Waals surface area contributed by atoms with Crippen LogP contribution in [0.5, 0.6) is 0 Å². The van der Waals surface area contributed by atoms with Crippen molar-refractivity contribution in [1.82, 2.24) is 15.2 Å². The van der Waals surface area contributed by atoms with Crippen LogP contribution in [0.25, 0.3) is 10.8 Å². The molecule has 0 aliphatic carbocycles. The molecule has 0 spiro atoms. The van der Waals surface area contributed by atoms with E-state index in [2.05, 4.69) is 20.5 Å². The van der Waals surface area contributed by atoms with Crippen molar-refractivity contribution in [2.45, 2.75) is 20.3 Å². The van der Waals surface area contributed by atoms with Gasteiger partial charge in [-0.15, -0.1) is 16.4 Å². The molecule has 22 heavy (non-hydrogen) atoms. The molecule has 0 saturated carbocycles. The predicted molar refractivity (Wildman–Crippen MR) is 83.7 cm³/mol. The van der Waals surface area contributed by atoms with Gasteiger partial charge in [-0.1, -0.05) is 35.4 Å². The summed E-state index contributed by atoms with van der Waals surface area (Å²) >= 11 is 1.48. The molecule has 0 fully saturated rings. The molecule has 1 N–H and O–H groups in total. The maximum Gasteiger partial charge on any atom is 0.322 e. The van der Waals surface area contributed by atoms with Gasteiger partial charge in [-0.2, -0.15) is 0 Å². The molecule has 0 unspecified atom stereocenters. The van der Waals surface area contributed by atoms with Crippen LogP contribution < -0.4 is 5.32 Å². The van der Waals surface area contributed by atoms with Crippen LogP contribution in [0.4, 0.5) is 6.01 Å². The molecule has 7 heteroatoms. The summed E-state index contributed by atoms with van der Waals surface area (Å²) in [6.07, 6.45) is 0.261. The van der Waals surface area contributed by atoms with Gasteiger partial charge in [0.2, 0.25) is 5.91 Å². The van der Waals surface area contributed by atoms with Crippen molar-refractivity contribution in [3.63, 3.8) is 0 Å². The quantitative estimate of drug-likeness (QED) is 0.800. The maximum absolute atomic E-state index is 12.0. The SMILES string of the molecule is Cc1nc(C)c(-c2nnc(NC(=O)Cc3ccccc3)o2)s1. The fraction of sp³-hybridized carbons (Fsp3) is 0.200. The number of carbonyl (C=O) groups excluding carboxylic acids is 1. The van der Waals surface area contributed by atoms with E-state index >= 15 is 0 Å². The number of aromatic nitrogens is 3. The van der Waals surface area contributed by atoms with Crippen LogP contribution in [0.2, 0.25) is 0 Å². The number of aryl methyl sites for hydroxylation is 2. The van der Waals surface area contributed by atoms with Crippen molar-refractivity contribution in [2.75, 3.05) is 5.32 Å². The monoisotopic (exact) mass is 314 g/mol. The Bertz CT molecular complexity index is 795. The first-order chi connectivity index (χ1) is 10.6. The number of hydrogen-bond acceptors (Lipinski definition) is 6. The van der Waals surface area contributed by atoms with Crippen molar-refractivity contribution in [1.29, 1.82) is 0 Å². The minimum absolute atomic E-state index is 0.0985. The molecule has 0 aliphatic rings. The summed E-state index contributed by atoms with van der Waals surface area (Å²) in [7, 11) is 0. The third-order valence-corrected chi connectivity index (χ3v) is 4.04. The van der Waals surface area contributed by atoms with Crippen LogP contribution in [0, 0.1) is 13.8 Å². The molecule has 0 bridgehead atoms. The average Bonchev–Trinajstić information content (AvgIpc) is 3.06. The summed E-state index contributed by atoms with van der Waals surface area (Å²) in [4.78, 5) is 17.1. The second-order valence-electron chi connectivity index (χ2n) is 4.77. The van der Waals surface area contributed by atoms with Crippen LogP contribution in [0.3, 0.4) is 0 Å². The van der Waals surface area contributed by atoms with Gasteiger partial charge in [0.15, 0.2) is 0 Å². The summed E-state index contributed by atoms with van der Waals surface area (Å²) in [5.74, 6) is 0.178. The Balaban J connectivity index is 1.69. The zero-order valence-corrected chi connectivity index (χ0v) is 13.0. The summed E-state index contributed by atoms with van der Waals surface area (Å²) < 4.78 is 5.49. The number of nitrogens with zero attached hydrogens (tertiary/aromatic N) is 3. The lowest BCUT2D eigenvalue weighted by atomic mass is 10.1. The normalized spacial score (nSPS) is 10.6. The summed E-state index contributed by atoms with van der Waals surface area (Å²) in [6, 6.07) is 9.57. The van der Waals surface area contributed by atoms with Crippen molar-refractivity contribution in [3.05, 3.63) is 46.6 Å². The first-order valence-corrected chi connectivity index (χ1v) is 7.55. The highest BCUT2D eigenvalue weighted by Crippen LogP contribution is 2.29. The third-order valence-electron chi connectivity index (χ3n) is 2.98. The van der Waals surface area contributed by atoms with E-state index in [-0.39, 0.29) is 18.3 Å². The molecule has 0 atom stereocenters. The molecule has 3 rings (SSSR count). The minimum Gasteiger partial charge on any atom is -0.402 e. The number of amides is 1. The largest absolute Gasteiger partial charge is 0.402 e. The lowest BCUT2D eigenvalue weighted by molar-refractivity contribution is -0.115. The molecule has 0 saturated heterocycles. The molecular formula is C15H14N4O2S. The van der Waals surface area contributed by atoms with E-state index in [0.29, 0.717) is 5.89 Å². The molecule has 2 aromatic heterocycles. The van der Waals surface area contributed by atoms with E-state index in [1.165, 1.54) is 11.3 Å². The Hall–Kier alpha value is -2.54. The van der Waals surface area contributed by atoms with Crippen molar-refractivity contribution < 1.29 is 9.21 Å². The third kappa shape index (κ3) is 3.20. The van der Waals surface area contributed by atoms with Crippen LogP contribution in [0.1, 0.15) is 16.3 Å². The summed E-state index contributed by atoms with van der Waals surface area (Å²) in [5, 5.41) is 11.4. The number of carbonyl (C=O) groups is 1. The summed E-state index contributed by atoms with van der Waals surface area (Å²) in [6.45, 7) is 3.80. The Labute approximate surface area is 131 Å². The van der Waals surface area contributed by atoms with Gasteiger partial charge in [-0.25, -0.2) is 4.98 Å². The maximum atomic E-state index is 12.0. The van der Waals surface area contributed by atoms with Crippen molar-refractivity contribution in [3.8, 4) is 10.8 Å². The molecule has 0 radical (unpaired) electrons. The number of nitrogens with one attached hydrogen (secondary N) is 1. The Kier molecular flexibility index (Phi) is 3.97. The first-order valence-electron chi connectivity index (χ1n) is 6.73. The minimum atomic E-state index is -0.196. The zero-order chi connectivity index (χ0) is 15.5. The lowest BCUT2D eigenvalue weighted by Crippen LogP contribution is -2.14. The highest BCUT2D eigenvalue weighted by atomic mass is 32.1. The number of anilines is 1. The van der Waals surface area contributed by atoms with E-state index in [9.17, 15) is 4.79 Å². The van der Waals surface area contributed by atoms with E-state index in [4.69, 9.17) is 4.42 Å². The van der Waals surface area contributed by atoms with Gasteiger partial charge < -0.3 is 4.42 Å². The molecule has 3 aromatic rings. The topological polar surface area (TPSA) is 80.9 Å². The number of rotatable bonds is 4. The number of thiazole rings is 1. The fourth-order valence-corrected chi connectivity index (χ4v) is 2.88. The predicted octanol–water partition coefficient (Wildman–Crippen LogP) is 2.99. The van der Waals surface area contributed by atoms with Gasteiger partial charge in [0, 0.05) is 0 Å². The molecule has 0 aliphatic heterocycles. The van der Waals surface area contributed by atoms with Crippen molar-refractivity contribution in [2.24, 2.45) is 0 Å². The van der Waals surface area contributed by atoms with Gasteiger partial charge in [0.1, 0.15) is 4.88 Å². The van der Waals surface area contributed by atoms with Gasteiger partial charge in [-0.3, -0.25) is 10.1 Å². The van der Waals surface area contributed by atoms with Gasteiger partial charge in [0.25, 0.3) is 5.89 Å². The second kappa shape index (κ2) is 6.07. The van der Waals surface area contributed by atoms with Crippen LogP contribution >= 0.6 is 11.3 Å². The molecule has 112 valence electrons. The molecule has 1 amide bonds. The highest BCUT2D eigenvalue weighted by molar-refractivity contribution is 7.15. The van der Waals surface area contributed by atoms with Crippen LogP contribution in [-0.4, -0.2) is 21.1 Å². The highest BCUT2D eigenvalue weighted by Gasteiger charge is 2.16. The fourth-order valence-electron chi connectivity index (χ4n) is 2.04. The molecular weight excluding hydrogens is 300 g/mol. The Morgan fingerprint density at radius 2 is 2.00 bits per heavy atom. The Morgan fingerprint density at radius 3 is 2.68 bits per heavy atom. The molecule has 6 nitrogen and oxygen atoms in total. The molecule has 2 heterocycles. The number of hydrogen-bond donors (Lipinski definition) is 1. The van der Waals surface area contributed by atoms with Gasteiger partial charge in [0.05, 0.1) is 17.1 Å². The van der Waals surface area contributed by atoms with E-state index in [0.717, 1.165) is 21.1 Å². The number of benzene rings is 1. The van der Waals surface area contributed by atoms with E-state index < -0.39 is 0 Å².